The van der Waals surface area contributed by atoms with Gasteiger partial charge >= 0.3 is 5.97 Å². The van der Waals surface area contributed by atoms with Crippen LogP contribution in [0.2, 0.25) is 0 Å². The van der Waals surface area contributed by atoms with Crippen molar-refractivity contribution in [2.45, 2.75) is 32.7 Å². The van der Waals surface area contributed by atoms with Crippen LogP contribution in [0.3, 0.4) is 0 Å². The normalized spacial score (nSPS) is 12.1. The molecule has 0 aliphatic heterocycles. The SMILES string of the molecule is CCc1oc(C(=O)NC(C)Cc2cccs2)cc1C(=O)O. The van der Waals surface area contributed by atoms with Gasteiger partial charge in [-0.15, -0.1) is 11.3 Å². The largest absolute Gasteiger partial charge is 0.478 e. The van der Waals surface area contributed by atoms with Crippen LogP contribution in [0.25, 0.3) is 0 Å². The Balaban J connectivity index is 2.04. The minimum atomic E-state index is -1.08. The molecule has 0 radical (unpaired) electrons. The van der Waals surface area contributed by atoms with Crippen LogP contribution in [0, 0.1) is 0 Å². The molecule has 21 heavy (non-hydrogen) atoms. The zero-order chi connectivity index (χ0) is 15.4. The molecule has 0 aliphatic rings. The standard InChI is InChI=1S/C15H17NO4S/c1-3-12-11(15(18)19)8-13(20-12)14(17)16-9(2)7-10-5-4-6-21-10/h4-6,8-9H,3,7H2,1-2H3,(H,16,17)(H,18,19). The lowest BCUT2D eigenvalue weighted by atomic mass is 10.2. The Morgan fingerprint density at radius 1 is 1.48 bits per heavy atom. The van der Waals surface area contributed by atoms with Crippen LogP contribution in [0.4, 0.5) is 0 Å². The highest BCUT2D eigenvalue weighted by Crippen LogP contribution is 2.17. The molecule has 0 spiro atoms. The van der Waals surface area contributed by atoms with Crippen molar-refractivity contribution < 1.29 is 19.1 Å². The van der Waals surface area contributed by atoms with Crippen LogP contribution >= 0.6 is 11.3 Å². The molecule has 5 nitrogen and oxygen atoms in total. The number of hydrogen-bond acceptors (Lipinski definition) is 4. The van der Waals surface area contributed by atoms with E-state index in [4.69, 9.17) is 9.52 Å². The number of carboxylic acid groups (broad SMARTS) is 1. The molecular weight excluding hydrogens is 290 g/mol. The molecule has 0 fully saturated rings. The summed E-state index contributed by atoms with van der Waals surface area (Å²) < 4.78 is 5.33. The lowest BCUT2D eigenvalue weighted by molar-refractivity contribution is 0.0694. The number of amides is 1. The van der Waals surface area contributed by atoms with Gasteiger partial charge in [0.2, 0.25) is 0 Å². The average Bonchev–Trinajstić information content (AvgIpc) is 3.06. The van der Waals surface area contributed by atoms with Crippen LogP contribution in [-0.4, -0.2) is 23.0 Å². The van der Waals surface area contributed by atoms with Crippen LogP contribution in [-0.2, 0) is 12.8 Å². The van der Waals surface area contributed by atoms with Gasteiger partial charge in [0.15, 0.2) is 5.76 Å². The summed E-state index contributed by atoms with van der Waals surface area (Å²) in [6.45, 7) is 3.69. The number of aromatic carboxylic acids is 1. The number of hydrogen-bond donors (Lipinski definition) is 2. The molecular formula is C15H17NO4S. The molecule has 2 aromatic rings. The van der Waals surface area contributed by atoms with Crippen molar-refractivity contribution in [2.75, 3.05) is 0 Å². The average molecular weight is 307 g/mol. The van der Waals surface area contributed by atoms with Crippen molar-refractivity contribution in [1.82, 2.24) is 5.32 Å². The third kappa shape index (κ3) is 3.72. The van der Waals surface area contributed by atoms with E-state index in [9.17, 15) is 9.59 Å². The Kier molecular flexibility index (Phi) is 4.80. The summed E-state index contributed by atoms with van der Waals surface area (Å²) in [5, 5.41) is 13.9. The Labute approximate surface area is 126 Å². The topological polar surface area (TPSA) is 79.5 Å². The first-order valence-corrected chi connectivity index (χ1v) is 7.58. The number of carboxylic acids is 1. The molecule has 1 unspecified atom stereocenters. The van der Waals surface area contributed by atoms with E-state index in [1.54, 1.807) is 18.3 Å². The molecule has 2 N–H and O–H groups in total. The van der Waals surface area contributed by atoms with Gasteiger partial charge in [-0.1, -0.05) is 13.0 Å². The number of rotatable bonds is 6. The second kappa shape index (κ2) is 6.58. The van der Waals surface area contributed by atoms with Gasteiger partial charge in [-0.3, -0.25) is 4.79 Å². The van der Waals surface area contributed by atoms with Crippen LogP contribution in [0.1, 0.15) is 45.4 Å². The highest BCUT2D eigenvalue weighted by atomic mass is 32.1. The summed E-state index contributed by atoms with van der Waals surface area (Å²) in [5.41, 5.74) is 0.0496. The van der Waals surface area contributed by atoms with Gasteiger partial charge in [-0.05, 0) is 18.4 Å². The highest BCUT2D eigenvalue weighted by Gasteiger charge is 2.21. The van der Waals surface area contributed by atoms with Crippen molar-refractivity contribution in [3.8, 4) is 0 Å². The van der Waals surface area contributed by atoms with Gasteiger partial charge in [0.25, 0.3) is 5.91 Å². The summed E-state index contributed by atoms with van der Waals surface area (Å²) in [7, 11) is 0. The third-order valence-electron chi connectivity index (χ3n) is 3.05. The smallest absolute Gasteiger partial charge is 0.339 e. The molecule has 0 aromatic carbocycles. The molecule has 0 saturated carbocycles. The molecule has 1 atom stereocenters. The summed E-state index contributed by atoms with van der Waals surface area (Å²) in [6.07, 6.45) is 1.16. The quantitative estimate of drug-likeness (QED) is 0.860. The first kappa shape index (κ1) is 15.3. The number of thiophene rings is 1. The summed E-state index contributed by atoms with van der Waals surface area (Å²) in [6, 6.07) is 5.21. The maximum Gasteiger partial charge on any atom is 0.339 e. The summed E-state index contributed by atoms with van der Waals surface area (Å²) >= 11 is 1.64. The summed E-state index contributed by atoms with van der Waals surface area (Å²) in [5.74, 6) is -1.11. The Hall–Kier alpha value is -2.08. The second-order valence-electron chi connectivity index (χ2n) is 4.76. The molecule has 1 amide bonds. The van der Waals surface area contributed by atoms with Crippen LogP contribution in [0.15, 0.2) is 28.0 Å². The predicted molar refractivity (Wildman–Crippen MR) is 80.0 cm³/mol. The fourth-order valence-corrected chi connectivity index (χ4v) is 2.90. The lowest BCUT2D eigenvalue weighted by Crippen LogP contribution is -2.33. The number of carbonyl (C=O) groups is 2. The molecule has 0 aliphatic carbocycles. The van der Waals surface area contributed by atoms with E-state index in [1.807, 2.05) is 24.4 Å². The van der Waals surface area contributed by atoms with Crippen molar-refractivity contribution in [1.29, 1.82) is 0 Å². The van der Waals surface area contributed by atoms with Crippen molar-refractivity contribution in [3.05, 3.63) is 45.5 Å². The van der Waals surface area contributed by atoms with Crippen molar-refractivity contribution in [3.63, 3.8) is 0 Å². The summed E-state index contributed by atoms with van der Waals surface area (Å²) in [4.78, 5) is 24.3. The molecule has 6 heteroatoms. The van der Waals surface area contributed by atoms with E-state index < -0.39 is 5.97 Å². The number of carbonyl (C=O) groups excluding carboxylic acids is 1. The minimum absolute atomic E-state index is 0.0438. The monoisotopic (exact) mass is 307 g/mol. The minimum Gasteiger partial charge on any atom is -0.478 e. The van der Waals surface area contributed by atoms with Crippen molar-refractivity contribution >= 4 is 23.2 Å². The Morgan fingerprint density at radius 3 is 2.76 bits per heavy atom. The fraction of sp³-hybridized carbons (Fsp3) is 0.333. The van der Waals surface area contributed by atoms with E-state index in [0.717, 1.165) is 6.42 Å². The molecule has 2 heterocycles. The van der Waals surface area contributed by atoms with Gasteiger partial charge in [-0.2, -0.15) is 0 Å². The first-order chi connectivity index (χ1) is 10.0. The van der Waals surface area contributed by atoms with Gasteiger partial charge in [-0.25, -0.2) is 4.79 Å². The maximum absolute atomic E-state index is 12.1. The van der Waals surface area contributed by atoms with E-state index in [2.05, 4.69) is 5.32 Å². The van der Waals surface area contributed by atoms with Gasteiger partial charge in [0.05, 0.1) is 0 Å². The lowest BCUT2D eigenvalue weighted by Gasteiger charge is -2.11. The molecule has 2 rings (SSSR count). The van der Waals surface area contributed by atoms with Crippen molar-refractivity contribution in [2.24, 2.45) is 0 Å². The number of nitrogens with one attached hydrogen (secondary N) is 1. The Morgan fingerprint density at radius 2 is 2.24 bits per heavy atom. The molecule has 2 aromatic heterocycles. The van der Waals surface area contributed by atoms with Gasteiger partial charge in [0.1, 0.15) is 11.3 Å². The zero-order valence-electron chi connectivity index (χ0n) is 11.9. The number of aryl methyl sites for hydroxylation is 1. The molecule has 112 valence electrons. The first-order valence-electron chi connectivity index (χ1n) is 6.70. The number of furan rings is 1. The van der Waals surface area contributed by atoms with Crippen LogP contribution < -0.4 is 5.32 Å². The zero-order valence-corrected chi connectivity index (χ0v) is 12.7. The highest BCUT2D eigenvalue weighted by molar-refractivity contribution is 7.09. The fourth-order valence-electron chi connectivity index (χ4n) is 2.06. The van der Waals surface area contributed by atoms with E-state index in [1.165, 1.54) is 10.9 Å². The molecule has 0 saturated heterocycles. The van der Waals surface area contributed by atoms with E-state index in [-0.39, 0.29) is 23.3 Å². The van der Waals surface area contributed by atoms with Gasteiger partial charge < -0.3 is 14.8 Å². The second-order valence-corrected chi connectivity index (χ2v) is 5.80. The Bertz CT molecular complexity index is 630. The van der Waals surface area contributed by atoms with E-state index >= 15 is 0 Å². The third-order valence-corrected chi connectivity index (χ3v) is 3.95. The maximum atomic E-state index is 12.1. The molecule has 0 bridgehead atoms. The van der Waals surface area contributed by atoms with Crippen LogP contribution in [0.5, 0.6) is 0 Å². The van der Waals surface area contributed by atoms with E-state index in [0.29, 0.717) is 12.2 Å². The van der Waals surface area contributed by atoms with Gasteiger partial charge in [0, 0.05) is 29.8 Å². The predicted octanol–water partition coefficient (Wildman–Crippen LogP) is 2.96.